The van der Waals surface area contributed by atoms with E-state index in [0.29, 0.717) is 5.41 Å². The number of benzene rings is 1. The lowest BCUT2D eigenvalue weighted by Crippen LogP contribution is -2.25. The highest BCUT2D eigenvalue weighted by atomic mass is 15.1. The maximum atomic E-state index is 5.93. The highest BCUT2D eigenvalue weighted by Gasteiger charge is 2.32. The molecule has 0 radical (unpaired) electrons. The zero-order chi connectivity index (χ0) is 15.3. The minimum Gasteiger partial charge on any atom is -0.399 e. The lowest BCUT2D eigenvalue weighted by Gasteiger charge is -2.28. The molecule has 0 atom stereocenters. The van der Waals surface area contributed by atoms with Gasteiger partial charge in [-0.1, -0.05) is 40.5 Å². The summed E-state index contributed by atoms with van der Waals surface area (Å²) in [6.07, 6.45) is 5.37. The summed E-state index contributed by atoms with van der Waals surface area (Å²) in [7, 11) is 0. The number of nitrogens with two attached hydrogens (primary N) is 1. The molecule has 1 aliphatic rings. The molecule has 21 heavy (non-hydrogen) atoms. The summed E-state index contributed by atoms with van der Waals surface area (Å²) in [5.74, 6) is 1.18. The van der Waals surface area contributed by atoms with E-state index < -0.39 is 0 Å². The van der Waals surface area contributed by atoms with Crippen molar-refractivity contribution in [3.8, 4) is 0 Å². The van der Waals surface area contributed by atoms with Gasteiger partial charge in [-0.05, 0) is 36.5 Å². The van der Waals surface area contributed by atoms with E-state index in [0.717, 1.165) is 17.7 Å². The van der Waals surface area contributed by atoms with Gasteiger partial charge in [0, 0.05) is 17.6 Å². The van der Waals surface area contributed by atoms with Crippen LogP contribution >= 0.6 is 0 Å². The maximum absolute atomic E-state index is 5.93. The van der Waals surface area contributed by atoms with Gasteiger partial charge in [0.25, 0.3) is 0 Å². The number of rotatable bonds is 2. The minimum absolute atomic E-state index is 0.0444. The molecule has 1 saturated carbocycles. The van der Waals surface area contributed by atoms with Gasteiger partial charge in [0.2, 0.25) is 0 Å². The summed E-state index contributed by atoms with van der Waals surface area (Å²) < 4.78 is 2.44. The molecular weight excluding hydrogens is 258 g/mol. The van der Waals surface area contributed by atoms with Gasteiger partial charge >= 0.3 is 0 Å². The van der Waals surface area contributed by atoms with Crippen LogP contribution < -0.4 is 5.73 Å². The van der Waals surface area contributed by atoms with Crippen LogP contribution in [0.15, 0.2) is 18.2 Å². The van der Waals surface area contributed by atoms with Crippen LogP contribution in [-0.2, 0) is 12.0 Å². The molecule has 0 saturated heterocycles. The van der Waals surface area contributed by atoms with Gasteiger partial charge in [-0.15, -0.1) is 0 Å². The number of hydrogen-bond acceptors (Lipinski definition) is 2. The molecule has 3 heteroatoms. The van der Waals surface area contributed by atoms with Gasteiger partial charge in [-0.2, -0.15) is 0 Å². The molecule has 0 spiro atoms. The van der Waals surface area contributed by atoms with Gasteiger partial charge in [0.05, 0.1) is 11.0 Å². The van der Waals surface area contributed by atoms with Crippen molar-refractivity contribution in [3.05, 3.63) is 24.0 Å². The van der Waals surface area contributed by atoms with E-state index in [9.17, 15) is 0 Å². The second kappa shape index (κ2) is 4.75. The van der Waals surface area contributed by atoms with E-state index in [1.165, 1.54) is 37.0 Å². The van der Waals surface area contributed by atoms with Crippen LogP contribution in [0.2, 0.25) is 0 Å². The predicted molar refractivity (Wildman–Crippen MR) is 89.4 cm³/mol. The first kappa shape index (κ1) is 14.4. The molecule has 114 valence electrons. The van der Waals surface area contributed by atoms with E-state index >= 15 is 0 Å². The highest BCUT2D eigenvalue weighted by molar-refractivity contribution is 5.80. The van der Waals surface area contributed by atoms with Gasteiger partial charge in [-0.3, -0.25) is 0 Å². The standard InChI is InChI=1S/C18H27N3/c1-17(2,3)16-20-14-11-13(19)7-8-15(14)21(16)12-18(4)9-5-6-10-18/h7-8,11H,5-6,9-10,12,19H2,1-4H3. The lowest BCUT2D eigenvalue weighted by molar-refractivity contribution is 0.275. The zero-order valence-corrected chi connectivity index (χ0v) is 13.7. The lowest BCUT2D eigenvalue weighted by atomic mass is 9.88. The Hall–Kier alpha value is -1.51. The number of hydrogen-bond donors (Lipinski definition) is 1. The van der Waals surface area contributed by atoms with Crippen molar-refractivity contribution in [2.45, 2.75) is 65.3 Å². The molecular formula is C18H27N3. The van der Waals surface area contributed by atoms with Crippen molar-refractivity contribution in [2.75, 3.05) is 5.73 Å². The second-order valence-corrected chi connectivity index (χ2v) is 8.04. The molecule has 2 aromatic rings. The van der Waals surface area contributed by atoms with Gasteiger partial charge < -0.3 is 10.3 Å². The molecule has 1 fully saturated rings. The summed E-state index contributed by atoms with van der Waals surface area (Å²) in [5.41, 5.74) is 9.43. The first-order valence-electron chi connectivity index (χ1n) is 8.05. The first-order chi connectivity index (χ1) is 9.78. The fraction of sp³-hybridized carbons (Fsp3) is 0.611. The topological polar surface area (TPSA) is 43.8 Å². The Morgan fingerprint density at radius 1 is 1.24 bits per heavy atom. The number of anilines is 1. The first-order valence-corrected chi connectivity index (χ1v) is 8.05. The van der Waals surface area contributed by atoms with Crippen LogP contribution in [0.1, 0.15) is 59.2 Å². The molecule has 0 amide bonds. The SMILES string of the molecule is CC1(Cn2c(C(C)(C)C)nc3cc(N)ccc32)CCCC1. The quantitative estimate of drug-likeness (QED) is 0.826. The molecule has 0 bridgehead atoms. The van der Waals surface area contributed by atoms with Crippen molar-refractivity contribution < 1.29 is 0 Å². The molecule has 1 heterocycles. The third-order valence-corrected chi connectivity index (χ3v) is 4.79. The number of aromatic nitrogens is 2. The van der Waals surface area contributed by atoms with Crippen LogP contribution in [0.5, 0.6) is 0 Å². The normalized spacial score (nSPS) is 18.5. The number of imidazole rings is 1. The van der Waals surface area contributed by atoms with Crippen molar-refractivity contribution in [1.82, 2.24) is 9.55 Å². The fourth-order valence-electron chi connectivity index (χ4n) is 3.65. The molecule has 1 aromatic carbocycles. The molecule has 0 aliphatic heterocycles. The smallest absolute Gasteiger partial charge is 0.115 e. The Labute approximate surface area is 127 Å². The summed E-state index contributed by atoms with van der Waals surface area (Å²) in [5, 5.41) is 0. The Bertz CT molecular complexity index is 655. The van der Waals surface area contributed by atoms with E-state index in [2.05, 4.69) is 38.3 Å². The van der Waals surface area contributed by atoms with Crippen LogP contribution in [0.25, 0.3) is 11.0 Å². The average Bonchev–Trinajstić information content (AvgIpc) is 2.94. The summed E-state index contributed by atoms with van der Waals surface area (Å²) in [4.78, 5) is 4.90. The van der Waals surface area contributed by atoms with E-state index in [-0.39, 0.29) is 5.41 Å². The largest absolute Gasteiger partial charge is 0.399 e. The predicted octanol–water partition coefficient (Wildman–Crippen LogP) is 4.50. The van der Waals surface area contributed by atoms with Gasteiger partial charge in [0.1, 0.15) is 5.82 Å². The summed E-state index contributed by atoms with van der Waals surface area (Å²) >= 11 is 0. The molecule has 1 aromatic heterocycles. The molecule has 2 N–H and O–H groups in total. The highest BCUT2D eigenvalue weighted by Crippen LogP contribution is 2.41. The summed E-state index contributed by atoms with van der Waals surface area (Å²) in [6, 6.07) is 6.12. The van der Waals surface area contributed by atoms with Crippen molar-refractivity contribution in [1.29, 1.82) is 0 Å². The van der Waals surface area contributed by atoms with Crippen LogP contribution in [0.4, 0.5) is 5.69 Å². The average molecular weight is 285 g/mol. The van der Waals surface area contributed by atoms with E-state index in [1.54, 1.807) is 0 Å². The minimum atomic E-state index is 0.0444. The molecule has 3 rings (SSSR count). The fourth-order valence-corrected chi connectivity index (χ4v) is 3.65. The maximum Gasteiger partial charge on any atom is 0.115 e. The molecule has 0 unspecified atom stereocenters. The van der Waals surface area contributed by atoms with Crippen LogP contribution in [0.3, 0.4) is 0 Å². The molecule has 1 aliphatic carbocycles. The number of nitrogen functional groups attached to an aromatic ring is 1. The van der Waals surface area contributed by atoms with E-state index in [4.69, 9.17) is 10.7 Å². The van der Waals surface area contributed by atoms with E-state index in [1.807, 2.05) is 12.1 Å². The summed E-state index contributed by atoms with van der Waals surface area (Å²) in [6.45, 7) is 10.2. The van der Waals surface area contributed by atoms with Crippen molar-refractivity contribution >= 4 is 16.7 Å². The Morgan fingerprint density at radius 3 is 2.52 bits per heavy atom. The van der Waals surface area contributed by atoms with Crippen LogP contribution in [-0.4, -0.2) is 9.55 Å². The van der Waals surface area contributed by atoms with Gasteiger partial charge in [-0.25, -0.2) is 4.98 Å². The zero-order valence-electron chi connectivity index (χ0n) is 13.7. The second-order valence-electron chi connectivity index (χ2n) is 8.04. The number of nitrogens with zero attached hydrogens (tertiary/aromatic N) is 2. The monoisotopic (exact) mass is 285 g/mol. The third kappa shape index (κ3) is 2.66. The van der Waals surface area contributed by atoms with Crippen LogP contribution in [0, 0.1) is 5.41 Å². The molecule has 3 nitrogen and oxygen atoms in total. The van der Waals surface area contributed by atoms with Crippen molar-refractivity contribution in [2.24, 2.45) is 5.41 Å². The Kier molecular flexibility index (Phi) is 3.27. The Balaban J connectivity index is 2.13. The third-order valence-electron chi connectivity index (χ3n) is 4.79. The Morgan fingerprint density at radius 2 is 1.90 bits per heavy atom. The number of fused-ring (bicyclic) bond motifs is 1. The van der Waals surface area contributed by atoms with Gasteiger partial charge in [0.15, 0.2) is 0 Å². The van der Waals surface area contributed by atoms with Crippen molar-refractivity contribution in [3.63, 3.8) is 0 Å².